The number of rotatable bonds is 5. The van der Waals surface area contributed by atoms with Gasteiger partial charge in [0, 0.05) is 17.5 Å². The van der Waals surface area contributed by atoms with Crippen LogP contribution in [0, 0.1) is 18.6 Å². The lowest BCUT2D eigenvalue weighted by Crippen LogP contribution is -2.22. The van der Waals surface area contributed by atoms with E-state index in [0.717, 1.165) is 6.07 Å². The smallest absolute Gasteiger partial charge is 0.422 e. The summed E-state index contributed by atoms with van der Waals surface area (Å²) in [6, 6.07) is 7.24. The number of amides is 1. The number of para-hydroxylation sites is 1. The number of hydrogen-bond donors (Lipinski definition) is 1. The Bertz CT molecular complexity index is 1100. The molecule has 11 heteroatoms. The quantitative estimate of drug-likeness (QED) is 0.508. The van der Waals surface area contributed by atoms with Crippen LogP contribution in [-0.4, -0.2) is 28.7 Å². The summed E-state index contributed by atoms with van der Waals surface area (Å²) in [5, 5.41) is 1.94. The van der Waals surface area contributed by atoms with Crippen LogP contribution in [0.3, 0.4) is 0 Å². The molecule has 0 spiro atoms. The van der Waals surface area contributed by atoms with Gasteiger partial charge >= 0.3 is 6.18 Å². The van der Waals surface area contributed by atoms with Crippen LogP contribution in [0.2, 0.25) is 5.02 Å². The third-order valence-corrected chi connectivity index (χ3v) is 4.26. The molecule has 0 saturated carbocycles. The number of hydrogen-bond acceptors (Lipinski definition) is 4. The molecule has 1 aromatic carbocycles. The van der Waals surface area contributed by atoms with Crippen molar-refractivity contribution in [1.29, 1.82) is 0 Å². The van der Waals surface area contributed by atoms with Crippen LogP contribution in [0.5, 0.6) is 5.88 Å². The Balaban J connectivity index is 2.04. The second-order valence-electron chi connectivity index (χ2n) is 6.31. The molecule has 0 radical (unpaired) electrons. The molecule has 2 aromatic heterocycles. The Morgan fingerprint density at radius 3 is 2.52 bits per heavy atom. The van der Waals surface area contributed by atoms with Crippen LogP contribution in [0.15, 0.2) is 42.6 Å². The predicted octanol–water partition coefficient (Wildman–Crippen LogP) is 5.58. The highest BCUT2D eigenvalue weighted by Gasteiger charge is 2.30. The van der Waals surface area contributed by atoms with Crippen LogP contribution in [0.1, 0.15) is 16.1 Å². The Morgan fingerprint density at radius 1 is 1.16 bits per heavy atom. The summed E-state index contributed by atoms with van der Waals surface area (Å²) in [4.78, 5) is 20.3. The monoisotopic (exact) mass is 457 g/mol. The van der Waals surface area contributed by atoms with E-state index in [2.05, 4.69) is 20.0 Å². The maximum atomic E-state index is 14.7. The first-order valence-corrected chi connectivity index (χ1v) is 9.01. The second kappa shape index (κ2) is 8.84. The van der Waals surface area contributed by atoms with E-state index in [4.69, 9.17) is 11.6 Å². The van der Waals surface area contributed by atoms with Gasteiger partial charge in [-0.05, 0) is 37.3 Å². The first-order valence-electron chi connectivity index (χ1n) is 8.63. The molecular formula is C20H13ClF5N3O2. The first-order chi connectivity index (χ1) is 14.5. The van der Waals surface area contributed by atoms with E-state index >= 15 is 0 Å². The number of benzene rings is 1. The number of nitrogens with zero attached hydrogens (tertiary/aromatic N) is 2. The third-order valence-electron chi connectivity index (χ3n) is 3.94. The van der Waals surface area contributed by atoms with Crippen molar-refractivity contribution in [1.82, 2.24) is 9.97 Å². The number of aromatic nitrogens is 2. The molecule has 3 rings (SSSR count). The van der Waals surface area contributed by atoms with Gasteiger partial charge in [-0.25, -0.2) is 13.8 Å². The molecule has 1 amide bonds. The van der Waals surface area contributed by atoms with Gasteiger partial charge in [0.15, 0.2) is 12.4 Å². The topological polar surface area (TPSA) is 64.1 Å². The van der Waals surface area contributed by atoms with E-state index < -0.39 is 47.5 Å². The van der Waals surface area contributed by atoms with Crippen LogP contribution in [0.4, 0.5) is 27.6 Å². The molecule has 0 fully saturated rings. The van der Waals surface area contributed by atoms with Gasteiger partial charge in [0.25, 0.3) is 5.91 Å². The predicted molar refractivity (Wildman–Crippen MR) is 103 cm³/mol. The minimum Gasteiger partial charge on any atom is -0.467 e. The van der Waals surface area contributed by atoms with Gasteiger partial charge in [0.05, 0.1) is 10.7 Å². The van der Waals surface area contributed by atoms with E-state index in [1.165, 1.54) is 24.4 Å². The summed E-state index contributed by atoms with van der Waals surface area (Å²) >= 11 is 5.84. The lowest BCUT2D eigenvalue weighted by molar-refractivity contribution is -0.154. The van der Waals surface area contributed by atoms with Crippen LogP contribution in [0.25, 0.3) is 11.3 Å². The average Bonchev–Trinajstić information content (AvgIpc) is 2.69. The highest BCUT2D eigenvalue weighted by molar-refractivity contribution is 6.34. The van der Waals surface area contributed by atoms with Crippen molar-refractivity contribution in [2.75, 3.05) is 11.9 Å². The normalized spacial score (nSPS) is 11.3. The zero-order chi connectivity index (χ0) is 22.8. The summed E-state index contributed by atoms with van der Waals surface area (Å²) in [6.45, 7) is -0.0926. The van der Waals surface area contributed by atoms with Gasteiger partial charge in [-0.2, -0.15) is 13.2 Å². The molecule has 1 N–H and O–H groups in total. The summed E-state index contributed by atoms with van der Waals surface area (Å²) in [6.07, 6.45) is -3.47. The summed E-state index contributed by atoms with van der Waals surface area (Å²) in [5.41, 5.74) is -0.697. The molecule has 0 atom stereocenters. The van der Waals surface area contributed by atoms with Crippen molar-refractivity contribution < 1.29 is 31.5 Å². The molecule has 5 nitrogen and oxygen atoms in total. The van der Waals surface area contributed by atoms with Gasteiger partial charge in [-0.1, -0.05) is 17.7 Å². The van der Waals surface area contributed by atoms with Crippen LogP contribution >= 0.6 is 11.6 Å². The minimum atomic E-state index is -4.75. The fraction of sp³-hybridized carbons (Fsp3) is 0.150. The van der Waals surface area contributed by atoms with Gasteiger partial charge in [-0.15, -0.1) is 0 Å². The van der Waals surface area contributed by atoms with Crippen molar-refractivity contribution >= 4 is 23.2 Å². The molecule has 3 aromatic rings. The largest absolute Gasteiger partial charge is 0.467 e. The minimum absolute atomic E-state index is 0.157. The van der Waals surface area contributed by atoms with Crippen LogP contribution in [-0.2, 0) is 0 Å². The lowest BCUT2D eigenvalue weighted by Gasteiger charge is -2.15. The third kappa shape index (κ3) is 5.46. The summed E-state index contributed by atoms with van der Waals surface area (Å²) in [7, 11) is 0. The van der Waals surface area contributed by atoms with Crippen LogP contribution < -0.4 is 10.1 Å². The van der Waals surface area contributed by atoms with Gasteiger partial charge in [0.1, 0.15) is 17.1 Å². The molecule has 0 bridgehead atoms. The van der Waals surface area contributed by atoms with Crippen molar-refractivity contribution in [3.05, 3.63) is 70.5 Å². The molecule has 0 aliphatic rings. The summed E-state index contributed by atoms with van der Waals surface area (Å²) < 4.78 is 71.3. The highest BCUT2D eigenvalue weighted by atomic mass is 35.5. The first kappa shape index (κ1) is 22.4. The molecule has 162 valence electrons. The van der Waals surface area contributed by atoms with Gasteiger partial charge in [0.2, 0.25) is 5.88 Å². The van der Waals surface area contributed by atoms with E-state index in [-0.39, 0.29) is 16.3 Å². The zero-order valence-electron chi connectivity index (χ0n) is 15.7. The van der Waals surface area contributed by atoms with E-state index in [9.17, 15) is 26.7 Å². The molecule has 0 aliphatic carbocycles. The Kier molecular flexibility index (Phi) is 6.40. The number of alkyl halides is 3. The van der Waals surface area contributed by atoms with Gasteiger partial charge < -0.3 is 10.1 Å². The molecule has 0 aliphatic heterocycles. The van der Waals surface area contributed by atoms with Crippen molar-refractivity contribution in [2.45, 2.75) is 13.1 Å². The van der Waals surface area contributed by atoms with E-state index in [1.807, 2.05) is 0 Å². The fourth-order valence-corrected chi connectivity index (χ4v) is 2.71. The van der Waals surface area contributed by atoms with E-state index in [0.29, 0.717) is 11.8 Å². The number of carbonyl (C=O) groups is 1. The number of pyridine rings is 2. The average molecular weight is 458 g/mol. The Morgan fingerprint density at radius 2 is 1.90 bits per heavy atom. The van der Waals surface area contributed by atoms with E-state index in [1.54, 1.807) is 13.0 Å². The fourth-order valence-electron chi connectivity index (χ4n) is 2.50. The Labute approximate surface area is 177 Å². The van der Waals surface area contributed by atoms with Crippen molar-refractivity contribution in [3.63, 3.8) is 0 Å². The number of nitrogens with one attached hydrogen (secondary N) is 1. The number of anilines is 1. The molecule has 0 saturated heterocycles. The maximum absolute atomic E-state index is 14.7. The number of halogens is 6. The number of aryl methyl sites for hydroxylation is 1. The second-order valence-corrected chi connectivity index (χ2v) is 6.72. The maximum Gasteiger partial charge on any atom is 0.422 e. The Hall–Kier alpha value is -3.27. The van der Waals surface area contributed by atoms with Crippen molar-refractivity contribution in [2.24, 2.45) is 0 Å². The lowest BCUT2D eigenvalue weighted by atomic mass is 10.1. The molecular weight excluding hydrogens is 445 g/mol. The highest BCUT2D eigenvalue weighted by Crippen LogP contribution is 2.30. The standard InChI is InChI=1S/C20H13ClF5N3O2/c1-10-5-6-11(8-27-10)16-15(23)7-12(19(29-16)31-9-20(24,25)26)18(30)28-17-13(21)3-2-4-14(17)22/h2-8H,9H2,1H3,(H,28,30). The molecule has 31 heavy (non-hydrogen) atoms. The number of ether oxygens (including phenoxy) is 1. The SMILES string of the molecule is Cc1ccc(-c2nc(OCC(F)(F)F)c(C(=O)Nc3c(F)cccc3Cl)cc2F)cn1. The van der Waals surface area contributed by atoms with Gasteiger partial charge in [-0.3, -0.25) is 9.78 Å². The summed E-state index contributed by atoms with van der Waals surface area (Å²) in [5.74, 6) is -3.87. The zero-order valence-corrected chi connectivity index (χ0v) is 16.5. The van der Waals surface area contributed by atoms with Crippen molar-refractivity contribution in [3.8, 4) is 17.1 Å². The molecule has 0 unspecified atom stereocenters. The molecule has 2 heterocycles. The number of carbonyl (C=O) groups excluding carboxylic acids is 1.